The first kappa shape index (κ1) is 13.5. The van der Waals surface area contributed by atoms with Crippen LogP contribution in [-0.4, -0.2) is 29.6 Å². The number of aromatic nitrogens is 2. The lowest BCUT2D eigenvalue weighted by atomic mass is 10.2. The number of fused-ring (bicyclic) bond motifs is 1. The number of methoxy groups -OCH3 is 1. The molecule has 5 heteroatoms. The summed E-state index contributed by atoms with van der Waals surface area (Å²) < 4.78 is 4.88. The molecule has 1 amide bonds. The highest BCUT2D eigenvalue weighted by molar-refractivity contribution is 5.78. The Morgan fingerprint density at radius 1 is 1.53 bits per heavy atom. The van der Waals surface area contributed by atoms with Crippen molar-refractivity contribution in [1.29, 1.82) is 0 Å². The van der Waals surface area contributed by atoms with E-state index in [1.54, 1.807) is 7.11 Å². The Kier molecular flexibility index (Phi) is 4.16. The largest absolute Gasteiger partial charge is 0.384 e. The van der Waals surface area contributed by atoms with Crippen molar-refractivity contribution in [3.05, 3.63) is 29.6 Å². The molecule has 2 aromatic rings. The molecule has 1 atom stereocenters. The first-order valence-electron chi connectivity index (χ1n) is 6.34. The fraction of sp³-hybridized carbons (Fsp3) is 0.429. The number of ether oxygens (including phenoxy) is 1. The molecule has 0 aliphatic rings. The topological polar surface area (TPSA) is 67.0 Å². The Morgan fingerprint density at radius 3 is 3.05 bits per heavy atom. The summed E-state index contributed by atoms with van der Waals surface area (Å²) in [6.45, 7) is 4.38. The standard InChI is InChI=1S/C14H19N3O2/c1-9-4-5-11-12(8-9)17-14(16-11)10(2)15-13(18)6-7-19-3/h4-5,8,10H,6-7H2,1-3H3,(H,15,18)(H,16,17). The maximum absolute atomic E-state index is 11.6. The quantitative estimate of drug-likeness (QED) is 0.866. The molecule has 0 bridgehead atoms. The number of carbonyl (C=O) groups is 1. The van der Waals surface area contributed by atoms with Crippen molar-refractivity contribution < 1.29 is 9.53 Å². The van der Waals surface area contributed by atoms with Gasteiger partial charge in [0.25, 0.3) is 0 Å². The number of nitrogens with one attached hydrogen (secondary N) is 2. The predicted octanol–water partition coefficient (Wildman–Crippen LogP) is 2.09. The van der Waals surface area contributed by atoms with Crippen molar-refractivity contribution in [1.82, 2.24) is 15.3 Å². The fourth-order valence-electron chi connectivity index (χ4n) is 1.93. The van der Waals surface area contributed by atoms with E-state index in [1.807, 2.05) is 32.0 Å². The van der Waals surface area contributed by atoms with E-state index in [2.05, 4.69) is 15.3 Å². The number of hydrogen-bond acceptors (Lipinski definition) is 3. The first-order valence-corrected chi connectivity index (χ1v) is 6.34. The van der Waals surface area contributed by atoms with Gasteiger partial charge in [0.05, 0.1) is 23.7 Å². The molecule has 5 nitrogen and oxygen atoms in total. The maximum Gasteiger partial charge on any atom is 0.222 e. The van der Waals surface area contributed by atoms with Gasteiger partial charge in [-0.2, -0.15) is 0 Å². The summed E-state index contributed by atoms with van der Waals surface area (Å²) in [6, 6.07) is 5.90. The van der Waals surface area contributed by atoms with Gasteiger partial charge in [0.1, 0.15) is 5.82 Å². The third-order valence-electron chi connectivity index (χ3n) is 2.98. The SMILES string of the molecule is COCCC(=O)NC(C)c1nc2ccc(C)cc2[nH]1. The number of H-pyrrole nitrogens is 1. The van der Waals surface area contributed by atoms with Crippen molar-refractivity contribution >= 4 is 16.9 Å². The minimum atomic E-state index is -0.142. The van der Waals surface area contributed by atoms with Crippen LogP contribution in [0.4, 0.5) is 0 Å². The average Bonchev–Trinajstić information content (AvgIpc) is 2.79. The molecule has 1 unspecified atom stereocenters. The summed E-state index contributed by atoms with van der Waals surface area (Å²) in [7, 11) is 1.58. The van der Waals surface area contributed by atoms with Crippen LogP contribution in [0.25, 0.3) is 11.0 Å². The molecule has 1 heterocycles. The molecule has 0 spiro atoms. The van der Waals surface area contributed by atoms with Gasteiger partial charge in [-0.05, 0) is 31.5 Å². The van der Waals surface area contributed by atoms with Gasteiger partial charge < -0.3 is 15.0 Å². The number of aromatic amines is 1. The van der Waals surface area contributed by atoms with Crippen LogP contribution in [0.1, 0.15) is 30.8 Å². The zero-order valence-corrected chi connectivity index (χ0v) is 11.5. The number of benzene rings is 1. The molecule has 0 fully saturated rings. The lowest BCUT2D eigenvalue weighted by molar-refractivity contribution is -0.122. The number of hydrogen-bond donors (Lipinski definition) is 2. The van der Waals surface area contributed by atoms with Gasteiger partial charge in [-0.3, -0.25) is 4.79 Å². The molecule has 2 N–H and O–H groups in total. The Hall–Kier alpha value is -1.88. The Labute approximate surface area is 112 Å². The van der Waals surface area contributed by atoms with E-state index in [4.69, 9.17) is 4.74 Å². The van der Waals surface area contributed by atoms with Crippen LogP contribution in [0.3, 0.4) is 0 Å². The highest BCUT2D eigenvalue weighted by atomic mass is 16.5. The Morgan fingerprint density at radius 2 is 2.32 bits per heavy atom. The van der Waals surface area contributed by atoms with Crippen molar-refractivity contribution in [2.45, 2.75) is 26.3 Å². The summed E-state index contributed by atoms with van der Waals surface area (Å²) in [6.07, 6.45) is 0.361. The van der Waals surface area contributed by atoms with E-state index in [1.165, 1.54) is 5.56 Å². The summed E-state index contributed by atoms with van der Waals surface area (Å²) in [5.74, 6) is 0.734. The van der Waals surface area contributed by atoms with Crippen LogP contribution in [-0.2, 0) is 9.53 Å². The molecular weight excluding hydrogens is 242 g/mol. The van der Waals surface area contributed by atoms with E-state index in [9.17, 15) is 4.79 Å². The fourth-order valence-corrected chi connectivity index (χ4v) is 1.93. The first-order chi connectivity index (χ1) is 9.10. The van der Waals surface area contributed by atoms with Gasteiger partial charge in [-0.25, -0.2) is 4.98 Å². The summed E-state index contributed by atoms with van der Waals surface area (Å²) in [4.78, 5) is 19.3. The van der Waals surface area contributed by atoms with Gasteiger partial charge >= 0.3 is 0 Å². The molecule has 0 aliphatic heterocycles. The zero-order valence-electron chi connectivity index (χ0n) is 11.5. The van der Waals surface area contributed by atoms with Crippen LogP contribution in [0.15, 0.2) is 18.2 Å². The van der Waals surface area contributed by atoms with Crippen molar-refractivity contribution in [2.75, 3.05) is 13.7 Å². The zero-order chi connectivity index (χ0) is 13.8. The Bertz CT molecular complexity index is 577. The molecule has 0 aliphatic carbocycles. The second kappa shape index (κ2) is 5.84. The van der Waals surface area contributed by atoms with Crippen molar-refractivity contribution in [2.24, 2.45) is 0 Å². The molecule has 1 aromatic heterocycles. The highest BCUT2D eigenvalue weighted by Crippen LogP contribution is 2.17. The average molecular weight is 261 g/mol. The van der Waals surface area contributed by atoms with Crippen LogP contribution < -0.4 is 5.32 Å². The number of imidazole rings is 1. The van der Waals surface area contributed by atoms with Gasteiger partial charge in [-0.1, -0.05) is 6.07 Å². The number of nitrogens with zero attached hydrogens (tertiary/aromatic N) is 1. The number of carbonyl (C=O) groups excluding carboxylic acids is 1. The van der Waals surface area contributed by atoms with Crippen molar-refractivity contribution in [3.8, 4) is 0 Å². The summed E-state index contributed by atoms with van der Waals surface area (Å²) >= 11 is 0. The van der Waals surface area contributed by atoms with Crippen LogP contribution in [0, 0.1) is 6.92 Å². The van der Waals surface area contributed by atoms with E-state index in [0.717, 1.165) is 16.9 Å². The molecule has 0 saturated carbocycles. The minimum absolute atomic E-state index is 0.0361. The molecule has 102 valence electrons. The smallest absolute Gasteiger partial charge is 0.222 e. The molecule has 2 rings (SSSR count). The third kappa shape index (κ3) is 3.32. The highest BCUT2D eigenvalue weighted by Gasteiger charge is 2.13. The number of rotatable bonds is 5. The lowest BCUT2D eigenvalue weighted by Crippen LogP contribution is -2.28. The van der Waals surface area contributed by atoms with Crippen LogP contribution in [0.5, 0.6) is 0 Å². The van der Waals surface area contributed by atoms with Gasteiger partial charge in [0.2, 0.25) is 5.91 Å². The Balaban J connectivity index is 2.08. The van der Waals surface area contributed by atoms with E-state index in [0.29, 0.717) is 13.0 Å². The molecule has 0 saturated heterocycles. The normalized spacial score (nSPS) is 12.6. The third-order valence-corrected chi connectivity index (χ3v) is 2.98. The van der Waals surface area contributed by atoms with E-state index >= 15 is 0 Å². The monoisotopic (exact) mass is 261 g/mol. The van der Waals surface area contributed by atoms with E-state index < -0.39 is 0 Å². The second-order valence-electron chi connectivity index (χ2n) is 4.67. The number of amides is 1. The number of aryl methyl sites for hydroxylation is 1. The summed E-state index contributed by atoms with van der Waals surface area (Å²) in [5, 5.41) is 2.89. The van der Waals surface area contributed by atoms with Crippen molar-refractivity contribution in [3.63, 3.8) is 0 Å². The molecule has 0 radical (unpaired) electrons. The second-order valence-corrected chi connectivity index (χ2v) is 4.67. The molecular formula is C14H19N3O2. The summed E-state index contributed by atoms with van der Waals surface area (Å²) in [5.41, 5.74) is 3.09. The van der Waals surface area contributed by atoms with Gasteiger partial charge in [-0.15, -0.1) is 0 Å². The van der Waals surface area contributed by atoms with Gasteiger partial charge in [0, 0.05) is 13.5 Å². The molecule has 19 heavy (non-hydrogen) atoms. The van der Waals surface area contributed by atoms with Crippen LogP contribution in [0.2, 0.25) is 0 Å². The van der Waals surface area contributed by atoms with Gasteiger partial charge in [0.15, 0.2) is 0 Å². The van der Waals surface area contributed by atoms with Crippen LogP contribution >= 0.6 is 0 Å². The molecule has 1 aromatic carbocycles. The minimum Gasteiger partial charge on any atom is -0.384 e. The lowest BCUT2D eigenvalue weighted by Gasteiger charge is -2.10. The predicted molar refractivity (Wildman–Crippen MR) is 73.9 cm³/mol. The maximum atomic E-state index is 11.6. The van der Waals surface area contributed by atoms with E-state index in [-0.39, 0.29) is 11.9 Å².